The van der Waals surface area contributed by atoms with E-state index < -0.39 is 5.54 Å². The summed E-state index contributed by atoms with van der Waals surface area (Å²) in [4.78, 5) is 18.3. The quantitative estimate of drug-likeness (QED) is 0.899. The highest BCUT2D eigenvalue weighted by Crippen LogP contribution is 2.23. The second kappa shape index (κ2) is 6.56. The molecule has 2 rings (SSSR count). The van der Waals surface area contributed by atoms with Crippen molar-refractivity contribution >= 4 is 5.91 Å². The molecule has 0 aliphatic carbocycles. The maximum Gasteiger partial charge on any atom is 0.246 e. The summed E-state index contributed by atoms with van der Waals surface area (Å²) in [7, 11) is 0. The first kappa shape index (κ1) is 15.9. The maximum absolute atomic E-state index is 12.2. The average Bonchev–Trinajstić information content (AvgIpc) is 2.81. The van der Waals surface area contributed by atoms with E-state index in [1.165, 1.54) is 12.8 Å². The lowest BCUT2D eigenvalue weighted by atomic mass is 9.96. The zero-order valence-electron chi connectivity index (χ0n) is 13.3. The summed E-state index contributed by atoms with van der Waals surface area (Å²) < 4.78 is 5.22. The van der Waals surface area contributed by atoms with Crippen molar-refractivity contribution in [1.29, 1.82) is 0 Å². The minimum atomic E-state index is -0.628. The van der Waals surface area contributed by atoms with Gasteiger partial charge in [-0.2, -0.15) is 4.98 Å². The molecule has 1 aliphatic heterocycles. The first-order valence-electron chi connectivity index (χ1n) is 7.80. The SMILES string of the molecule is CCCC1CCC(=O)N(Cc2nc(C(C)(C)N)no2)CC1. The van der Waals surface area contributed by atoms with Gasteiger partial charge in [-0.05, 0) is 32.6 Å². The number of nitrogens with two attached hydrogens (primary N) is 1. The van der Waals surface area contributed by atoms with Crippen molar-refractivity contribution in [1.82, 2.24) is 15.0 Å². The van der Waals surface area contributed by atoms with Crippen LogP contribution in [0.5, 0.6) is 0 Å². The summed E-state index contributed by atoms with van der Waals surface area (Å²) in [6, 6.07) is 0. The molecule has 1 aromatic heterocycles. The topological polar surface area (TPSA) is 85.2 Å². The number of carbonyl (C=O) groups is 1. The minimum Gasteiger partial charge on any atom is -0.337 e. The van der Waals surface area contributed by atoms with E-state index >= 15 is 0 Å². The van der Waals surface area contributed by atoms with Crippen molar-refractivity contribution in [2.45, 2.75) is 65.0 Å². The molecule has 1 aliphatic rings. The summed E-state index contributed by atoms with van der Waals surface area (Å²) in [6.45, 7) is 7.01. The molecule has 0 aromatic carbocycles. The molecule has 0 bridgehead atoms. The van der Waals surface area contributed by atoms with E-state index in [4.69, 9.17) is 10.3 Å². The summed E-state index contributed by atoms with van der Waals surface area (Å²) in [6.07, 6.45) is 5.05. The summed E-state index contributed by atoms with van der Waals surface area (Å²) in [5, 5.41) is 3.90. The van der Waals surface area contributed by atoms with E-state index in [9.17, 15) is 4.79 Å². The van der Waals surface area contributed by atoms with E-state index in [2.05, 4.69) is 17.1 Å². The first-order chi connectivity index (χ1) is 9.90. The second-order valence-corrected chi connectivity index (χ2v) is 6.53. The van der Waals surface area contributed by atoms with Gasteiger partial charge in [0.1, 0.15) is 0 Å². The highest BCUT2D eigenvalue weighted by molar-refractivity contribution is 5.76. The normalized spacial score (nSPS) is 20.7. The molecule has 2 heterocycles. The number of hydrogen-bond donors (Lipinski definition) is 1. The fourth-order valence-electron chi connectivity index (χ4n) is 2.70. The zero-order valence-corrected chi connectivity index (χ0v) is 13.3. The molecule has 1 saturated heterocycles. The molecule has 0 radical (unpaired) electrons. The molecular formula is C15H26N4O2. The second-order valence-electron chi connectivity index (χ2n) is 6.53. The van der Waals surface area contributed by atoms with Crippen LogP contribution in [0.25, 0.3) is 0 Å². The number of hydrogen-bond acceptors (Lipinski definition) is 5. The molecule has 1 fully saturated rings. The molecule has 0 saturated carbocycles. The Labute approximate surface area is 126 Å². The van der Waals surface area contributed by atoms with Crippen molar-refractivity contribution in [3.63, 3.8) is 0 Å². The fraction of sp³-hybridized carbons (Fsp3) is 0.800. The molecule has 21 heavy (non-hydrogen) atoms. The Morgan fingerprint density at radius 1 is 1.43 bits per heavy atom. The van der Waals surface area contributed by atoms with Crippen LogP contribution >= 0.6 is 0 Å². The first-order valence-corrected chi connectivity index (χ1v) is 7.80. The molecule has 1 amide bonds. The third kappa shape index (κ3) is 4.27. The zero-order chi connectivity index (χ0) is 15.5. The minimum absolute atomic E-state index is 0.181. The van der Waals surface area contributed by atoms with E-state index in [1.807, 2.05) is 18.7 Å². The number of amides is 1. The van der Waals surface area contributed by atoms with Crippen molar-refractivity contribution in [2.24, 2.45) is 11.7 Å². The van der Waals surface area contributed by atoms with Crippen LogP contribution in [0.1, 0.15) is 64.6 Å². The van der Waals surface area contributed by atoms with E-state index in [1.54, 1.807) is 0 Å². The standard InChI is InChI=1S/C15H26N4O2/c1-4-5-11-6-7-13(20)19(9-8-11)10-12-17-14(18-21-12)15(2,3)16/h11H,4-10,16H2,1-3H3. The molecular weight excluding hydrogens is 268 g/mol. The number of rotatable bonds is 5. The molecule has 1 aromatic rings. The molecule has 118 valence electrons. The van der Waals surface area contributed by atoms with Crippen LogP contribution in [0.3, 0.4) is 0 Å². The van der Waals surface area contributed by atoms with Gasteiger partial charge < -0.3 is 15.2 Å². The van der Waals surface area contributed by atoms with Gasteiger partial charge in [-0.1, -0.05) is 24.9 Å². The van der Waals surface area contributed by atoms with Gasteiger partial charge in [0, 0.05) is 13.0 Å². The van der Waals surface area contributed by atoms with Gasteiger partial charge in [0.2, 0.25) is 11.8 Å². The molecule has 2 N–H and O–H groups in total. The predicted molar refractivity (Wildman–Crippen MR) is 79.2 cm³/mol. The lowest BCUT2D eigenvalue weighted by Gasteiger charge is -2.18. The van der Waals surface area contributed by atoms with Gasteiger partial charge in [-0.15, -0.1) is 0 Å². The van der Waals surface area contributed by atoms with E-state index in [-0.39, 0.29) is 5.91 Å². The lowest BCUT2D eigenvalue weighted by Crippen LogP contribution is -2.31. The van der Waals surface area contributed by atoms with Crippen LogP contribution in [0.4, 0.5) is 0 Å². The summed E-state index contributed by atoms with van der Waals surface area (Å²) in [5.74, 6) is 1.78. The van der Waals surface area contributed by atoms with Gasteiger partial charge in [-0.3, -0.25) is 4.79 Å². The Bertz CT molecular complexity index is 478. The van der Waals surface area contributed by atoms with Crippen LogP contribution in [0.2, 0.25) is 0 Å². The average molecular weight is 294 g/mol. The highest BCUT2D eigenvalue weighted by Gasteiger charge is 2.26. The highest BCUT2D eigenvalue weighted by atomic mass is 16.5. The van der Waals surface area contributed by atoms with Gasteiger partial charge in [0.25, 0.3) is 0 Å². The largest absolute Gasteiger partial charge is 0.337 e. The van der Waals surface area contributed by atoms with Gasteiger partial charge in [-0.25, -0.2) is 0 Å². The molecule has 1 unspecified atom stereocenters. The Hall–Kier alpha value is -1.43. The fourth-order valence-corrected chi connectivity index (χ4v) is 2.70. The summed E-state index contributed by atoms with van der Waals surface area (Å²) in [5.41, 5.74) is 5.31. The lowest BCUT2D eigenvalue weighted by molar-refractivity contribution is -0.131. The number of nitrogens with zero attached hydrogens (tertiary/aromatic N) is 3. The maximum atomic E-state index is 12.2. The van der Waals surface area contributed by atoms with Crippen LogP contribution < -0.4 is 5.73 Å². The number of aromatic nitrogens is 2. The Morgan fingerprint density at radius 2 is 2.19 bits per heavy atom. The summed E-state index contributed by atoms with van der Waals surface area (Å²) >= 11 is 0. The Morgan fingerprint density at radius 3 is 2.81 bits per heavy atom. The molecule has 0 spiro atoms. The molecule has 6 heteroatoms. The smallest absolute Gasteiger partial charge is 0.246 e. The monoisotopic (exact) mass is 294 g/mol. The number of likely N-dealkylation sites (tertiary alicyclic amines) is 1. The van der Waals surface area contributed by atoms with E-state index in [0.717, 1.165) is 19.4 Å². The number of carbonyl (C=O) groups excluding carboxylic acids is 1. The van der Waals surface area contributed by atoms with Crippen LogP contribution in [0.15, 0.2) is 4.52 Å². The molecule has 6 nitrogen and oxygen atoms in total. The van der Waals surface area contributed by atoms with E-state index in [0.29, 0.717) is 30.6 Å². The van der Waals surface area contributed by atoms with Crippen LogP contribution in [0, 0.1) is 5.92 Å². The van der Waals surface area contributed by atoms with Crippen LogP contribution in [-0.2, 0) is 16.9 Å². The Kier molecular flexibility index (Phi) is 4.98. The van der Waals surface area contributed by atoms with Crippen LogP contribution in [-0.4, -0.2) is 27.5 Å². The van der Waals surface area contributed by atoms with Gasteiger partial charge >= 0.3 is 0 Å². The van der Waals surface area contributed by atoms with Gasteiger partial charge in [0.15, 0.2) is 5.82 Å². The molecule has 1 atom stereocenters. The van der Waals surface area contributed by atoms with Crippen molar-refractivity contribution in [2.75, 3.05) is 6.54 Å². The predicted octanol–water partition coefficient (Wildman–Crippen LogP) is 2.19. The van der Waals surface area contributed by atoms with Crippen molar-refractivity contribution in [3.05, 3.63) is 11.7 Å². The van der Waals surface area contributed by atoms with Crippen molar-refractivity contribution < 1.29 is 9.32 Å². The van der Waals surface area contributed by atoms with Crippen molar-refractivity contribution in [3.8, 4) is 0 Å². The Balaban J connectivity index is 1.98. The third-order valence-electron chi connectivity index (χ3n) is 3.99. The third-order valence-corrected chi connectivity index (χ3v) is 3.99. The van der Waals surface area contributed by atoms with Gasteiger partial charge in [0.05, 0.1) is 12.1 Å².